The van der Waals surface area contributed by atoms with Crippen molar-refractivity contribution in [1.29, 1.82) is 5.26 Å². The summed E-state index contributed by atoms with van der Waals surface area (Å²) in [7, 11) is 0. The van der Waals surface area contributed by atoms with E-state index in [4.69, 9.17) is 0 Å². The topological polar surface area (TPSA) is 57.7 Å². The second-order valence-corrected chi connectivity index (χ2v) is 5.86. The second-order valence-electron chi connectivity index (χ2n) is 4.56. The van der Waals surface area contributed by atoms with E-state index in [1.807, 2.05) is 18.2 Å². The number of fused-ring (bicyclic) bond motifs is 1. The molecular weight excluding hydrogens is 270 g/mol. The lowest BCUT2D eigenvalue weighted by atomic mass is 10.1. The van der Waals surface area contributed by atoms with E-state index in [9.17, 15) is 5.26 Å². The number of aromatic nitrogens is 3. The summed E-state index contributed by atoms with van der Waals surface area (Å²) in [4.78, 5) is 3.27. The average Bonchev–Trinajstić information content (AvgIpc) is 2.94. The molecule has 0 bridgehead atoms. The van der Waals surface area contributed by atoms with Gasteiger partial charge in [0.1, 0.15) is 12.4 Å². The summed E-state index contributed by atoms with van der Waals surface area (Å²) >= 11 is 1.71. The number of hydrogen-bond acceptors (Lipinski definition) is 5. The van der Waals surface area contributed by atoms with E-state index < -0.39 is 0 Å². The van der Waals surface area contributed by atoms with Gasteiger partial charge in [-0.2, -0.15) is 5.26 Å². The molecule has 1 aromatic carbocycles. The molecule has 0 amide bonds. The van der Waals surface area contributed by atoms with E-state index in [-0.39, 0.29) is 0 Å². The Kier molecular flexibility index (Phi) is 3.61. The molecule has 1 aliphatic rings. The molecule has 0 saturated heterocycles. The largest absolute Gasteiger partial charge is 0.361 e. The molecule has 20 heavy (non-hydrogen) atoms. The smallest absolute Gasteiger partial charge is 0.152 e. The monoisotopic (exact) mass is 285 g/mol. The molecular formula is C14H15N5S. The molecule has 3 rings (SSSR count). The van der Waals surface area contributed by atoms with Gasteiger partial charge in [-0.15, -0.1) is 22.0 Å². The van der Waals surface area contributed by atoms with Crippen LogP contribution in [0.3, 0.4) is 0 Å². The highest BCUT2D eigenvalue weighted by Gasteiger charge is 2.21. The van der Waals surface area contributed by atoms with Gasteiger partial charge in [-0.05, 0) is 17.9 Å². The molecule has 0 radical (unpaired) electrons. The molecule has 102 valence electrons. The first-order valence-corrected chi connectivity index (χ1v) is 7.59. The van der Waals surface area contributed by atoms with Crippen molar-refractivity contribution in [3.8, 4) is 6.07 Å². The summed E-state index contributed by atoms with van der Waals surface area (Å²) in [6.07, 6.45) is 1.77. The summed E-state index contributed by atoms with van der Waals surface area (Å²) in [6, 6.07) is 8.41. The molecule has 0 saturated carbocycles. The van der Waals surface area contributed by atoms with Gasteiger partial charge >= 0.3 is 0 Å². The zero-order chi connectivity index (χ0) is 13.9. The van der Waals surface area contributed by atoms with Gasteiger partial charge in [-0.1, -0.05) is 13.0 Å². The lowest BCUT2D eigenvalue weighted by Crippen LogP contribution is -2.34. The Morgan fingerprint density at radius 3 is 3.10 bits per heavy atom. The molecule has 5 nitrogen and oxygen atoms in total. The maximum atomic E-state index is 9.49. The van der Waals surface area contributed by atoms with Gasteiger partial charge in [0, 0.05) is 18.0 Å². The van der Waals surface area contributed by atoms with Crippen LogP contribution in [-0.4, -0.2) is 27.1 Å². The molecule has 2 aromatic rings. The fourth-order valence-electron chi connectivity index (χ4n) is 2.44. The summed E-state index contributed by atoms with van der Waals surface area (Å²) in [5.74, 6) is 1.92. The van der Waals surface area contributed by atoms with Crippen LogP contribution >= 0.6 is 11.8 Å². The van der Waals surface area contributed by atoms with Crippen molar-refractivity contribution in [3.05, 3.63) is 35.9 Å². The van der Waals surface area contributed by atoms with Gasteiger partial charge in [-0.25, -0.2) is 0 Å². The Balaban J connectivity index is 1.95. The summed E-state index contributed by atoms with van der Waals surface area (Å²) < 4.78 is 2.06. The second kappa shape index (κ2) is 5.55. The van der Waals surface area contributed by atoms with Crippen molar-refractivity contribution in [3.63, 3.8) is 0 Å². The fraction of sp³-hybridized carbons (Fsp3) is 0.357. The first-order chi connectivity index (χ1) is 9.83. The van der Waals surface area contributed by atoms with Gasteiger partial charge in [0.2, 0.25) is 0 Å². The number of rotatable bonds is 3. The molecule has 1 aromatic heterocycles. The maximum absolute atomic E-state index is 9.49. The Morgan fingerprint density at radius 1 is 1.40 bits per heavy atom. The van der Waals surface area contributed by atoms with Crippen molar-refractivity contribution in [1.82, 2.24) is 14.8 Å². The van der Waals surface area contributed by atoms with Crippen LogP contribution in [0.2, 0.25) is 0 Å². The van der Waals surface area contributed by atoms with Crippen molar-refractivity contribution < 1.29 is 0 Å². The molecule has 0 N–H and O–H groups in total. The minimum absolute atomic E-state index is 0.703. The third-order valence-electron chi connectivity index (χ3n) is 3.40. The van der Waals surface area contributed by atoms with E-state index in [2.05, 4.69) is 32.7 Å². The van der Waals surface area contributed by atoms with Crippen LogP contribution < -0.4 is 4.90 Å². The average molecular weight is 285 g/mol. The van der Waals surface area contributed by atoms with Crippen molar-refractivity contribution >= 4 is 17.4 Å². The van der Waals surface area contributed by atoms with E-state index >= 15 is 0 Å². The van der Waals surface area contributed by atoms with Gasteiger partial charge in [-0.3, -0.25) is 0 Å². The third-order valence-corrected chi connectivity index (χ3v) is 4.34. The number of anilines is 1. The van der Waals surface area contributed by atoms with Crippen LogP contribution in [0.25, 0.3) is 0 Å². The zero-order valence-corrected chi connectivity index (χ0v) is 12.1. The summed E-state index contributed by atoms with van der Waals surface area (Å²) in [6.45, 7) is 4.54. The number of thioether (sulfide) groups is 1. The lowest BCUT2D eigenvalue weighted by Gasteiger charge is -2.30. The van der Waals surface area contributed by atoms with Crippen LogP contribution in [0.15, 0.2) is 29.4 Å². The number of benzene rings is 1. The molecule has 0 aliphatic carbocycles. The van der Waals surface area contributed by atoms with Gasteiger partial charge in [0.15, 0.2) is 5.82 Å². The molecule has 0 unspecified atom stereocenters. The molecule has 0 fully saturated rings. The van der Waals surface area contributed by atoms with E-state index in [1.165, 1.54) is 0 Å². The minimum Gasteiger partial charge on any atom is -0.361 e. The van der Waals surface area contributed by atoms with Crippen LogP contribution in [0.5, 0.6) is 0 Å². The zero-order valence-electron chi connectivity index (χ0n) is 11.3. The van der Waals surface area contributed by atoms with Crippen LogP contribution in [0.4, 0.5) is 5.69 Å². The van der Waals surface area contributed by atoms with E-state index in [1.54, 1.807) is 18.1 Å². The van der Waals surface area contributed by atoms with Crippen molar-refractivity contribution in [2.24, 2.45) is 0 Å². The number of nitriles is 1. The lowest BCUT2D eigenvalue weighted by molar-refractivity contribution is 0.559. The van der Waals surface area contributed by atoms with Gasteiger partial charge in [0.25, 0.3) is 0 Å². The quantitative estimate of drug-likeness (QED) is 0.810. The van der Waals surface area contributed by atoms with E-state index in [0.29, 0.717) is 6.54 Å². The molecule has 0 atom stereocenters. The highest BCUT2D eigenvalue weighted by atomic mass is 32.2. The predicted molar refractivity (Wildman–Crippen MR) is 78.6 cm³/mol. The first-order valence-electron chi connectivity index (χ1n) is 6.61. The SMILES string of the molecule is CCSc1cccc(N2CCn3cnnc3C2)c1C#N. The Labute approximate surface area is 122 Å². The Hall–Kier alpha value is -2.00. The predicted octanol–water partition coefficient (Wildman–Crippen LogP) is 2.28. The van der Waals surface area contributed by atoms with Crippen LogP contribution in [-0.2, 0) is 13.1 Å². The molecule has 0 spiro atoms. The molecule has 6 heteroatoms. The standard InChI is InChI=1S/C14H15N5S/c1-2-20-13-5-3-4-12(11(13)8-15)18-6-7-19-10-16-17-14(19)9-18/h3-5,10H,2,6-7,9H2,1H3. The Bertz CT molecular complexity index is 658. The highest BCUT2D eigenvalue weighted by Crippen LogP contribution is 2.31. The first kappa shape index (κ1) is 13.0. The van der Waals surface area contributed by atoms with Crippen LogP contribution in [0.1, 0.15) is 18.3 Å². The van der Waals surface area contributed by atoms with Gasteiger partial charge in [0.05, 0.1) is 17.8 Å². The summed E-state index contributed by atoms with van der Waals surface area (Å²) in [5, 5.41) is 17.6. The minimum atomic E-state index is 0.703. The normalized spacial score (nSPS) is 13.9. The van der Waals surface area contributed by atoms with Crippen molar-refractivity contribution in [2.75, 3.05) is 17.2 Å². The third kappa shape index (κ3) is 2.25. The Morgan fingerprint density at radius 2 is 2.30 bits per heavy atom. The molecule has 1 aliphatic heterocycles. The maximum Gasteiger partial charge on any atom is 0.152 e. The van der Waals surface area contributed by atoms with Gasteiger partial charge < -0.3 is 9.47 Å². The van der Waals surface area contributed by atoms with Crippen molar-refractivity contribution in [2.45, 2.75) is 24.9 Å². The number of hydrogen-bond donors (Lipinski definition) is 0. The van der Waals surface area contributed by atoms with Crippen LogP contribution in [0, 0.1) is 11.3 Å². The number of nitrogens with zero attached hydrogens (tertiary/aromatic N) is 5. The highest BCUT2D eigenvalue weighted by molar-refractivity contribution is 7.99. The fourth-order valence-corrected chi connectivity index (χ4v) is 3.22. The van der Waals surface area contributed by atoms with E-state index in [0.717, 1.165) is 40.8 Å². The summed E-state index contributed by atoms with van der Waals surface area (Å²) in [5.41, 5.74) is 1.77. The molecule has 2 heterocycles.